The standard InChI is InChI=1S/C20H17ClN2O6S/c1-28-14-7-11(8-15(29-2)18(14)25)9-16-19(26)23(20(27)30-16)10-17(24)22-13-6-4-3-5-12(13)21/h3-9,25H,10H2,1-2H3,(H,22,24)/b16-9+. The summed E-state index contributed by atoms with van der Waals surface area (Å²) in [4.78, 5) is 38.2. The number of para-hydroxylation sites is 1. The van der Waals surface area contributed by atoms with E-state index >= 15 is 0 Å². The minimum atomic E-state index is -0.606. The third-order valence-corrected chi connectivity index (χ3v) is 5.36. The molecule has 0 atom stereocenters. The number of amides is 3. The van der Waals surface area contributed by atoms with Crippen LogP contribution in [0.5, 0.6) is 17.2 Å². The number of imide groups is 1. The number of ether oxygens (including phenoxy) is 2. The van der Waals surface area contributed by atoms with E-state index in [1.807, 2.05) is 0 Å². The summed E-state index contributed by atoms with van der Waals surface area (Å²) < 4.78 is 10.2. The molecule has 0 aromatic heterocycles. The summed E-state index contributed by atoms with van der Waals surface area (Å²) in [5, 5.41) is 12.3. The van der Waals surface area contributed by atoms with Crippen LogP contribution >= 0.6 is 23.4 Å². The topological polar surface area (TPSA) is 105 Å². The SMILES string of the molecule is COc1cc(/C=C2/SC(=O)N(CC(=O)Nc3ccccc3Cl)C2=O)cc(OC)c1O. The highest BCUT2D eigenvalue weighted by Crippen LogP contribution is 2.39. The number of phenols is 1. The van der Waals surface area contributed by atoms with Crippen LogP contribution in [-0.2, 0) is 9.59 Å². The number of hydrogen-bond donors (Lipinski definition) is 2. The van der Waals surface area contributed by atoms with Gasteiger partial charge in [0.1, 0.15) is 6.54 Å². The van der Waals surface area contributed by atoms with E-state index in [4.69, 9.17) is 21.1 Å². The summed E-state index contributed by atoms with van der Waals surface area (Å²) in [7, 11) is 2.76. The van der Waals surface area contributed by atoms with Crippen molar-refractivity contribution in [1.82, 2.24) is 4.90 Å². The second-order valence-electron chi connectivity index (χ2n) is 6.07. The largest absolute Gasteiger partial charge is 0.502 e. The monoisotopic (exact) mass is 448 g/mol. The first kappa shape index (κ1) is 21.5. The van der Waals surface area contributed by atoms with Crippen LogP contribution in [-0.4, -0.2) is 47.8 Å². The molecule has 0 bridgehead atoms. The summed E-state index contributed by atoms with van der Waals surface area (Å²) >= 11 is 6.71. The summed E-state index contributed by atoms with van der Waals surface area (Å²) in [5.74, 6) is -1.04. The lowest BCUT2D eigenvalue weighted by Crippen LogP contribution is -2.36. The van der Waals surface area contributed by atoms with E-state index in [0.29, 0.717) is 28.0 Å². The molecule has 30 heavy (non-hydrogen) atoms. The van der Waals surface area contributed by atoms with Crippen LogP contribution in [0, 0.1) is 0 Å². The van der Waals surface area contributed by atoms with Gasteiger partial charge < -0.3 is 19.9 Å². The Hall–Kier alpha value is -3.17. The highest BCUT2D eigenvalue weighted by molar-refractivity contribution is 8.18. The Morgan fingerprint density at radius 3 is 2.43 bits per heavy atom. The molecule has 0 aliphatic carbocycles. The van der Waals surface area contributed by atoms with E-state index in [1.165, 1.54) is 32.4 Å². The molecule has 0 saturated carbocycles. The maximum Gasteiger partial charge on any atom is 0.294 e. The van der Waals surface area contributed by atoms with Gasteiger partial charge in [0.05, 0.1) is 29.8 Å². The van der Waals surface area contributed by atoms with Crippen molar-refractivity contribution in [3.8, 4) is 17.2 Å². The van der Waals surface area contributed by atoms with Crippen LogP contribution in [0.1, 0.15) is 5.56 Å². The van der Waals surface area contributed by atoms with E-state index < -0.39 is 23.6 Å². The predicted octanol–water partition coefficient (Wildman–Crippen LogP) is 3.74. The Labute approximate surface area is 181 Å². The Morgan fingerprint density at radius 2 is 1.83 bits per heavy atom. The maximum atomic E-state index is 12.6. The van der Waals surface area contributed by atoms with Gasteiger partial charge in [-0.05, 0) is 47.7 Å². The van der Waals surface area contributed by atoms with Crippen molar-refractivity contribution in [2.24, 2.45) is 0 Å². The van der Waals surface area contributed by atoms with Crippen LogP contribution < -0.4 is 14.8 Å². The van der Waals surface area contributed by atoms with Gasteiger partial charge in [-0.15, -0.1) is 0 Å². The molecule has 2 N–H and O–H groups in total. The first-order chi connectivity index (χ1) is 14.3. The summed E-state index contributed by atoms with van der Waals surface area (Å²) in [6.07, 6.45) is 1.46. The Morgan fingerprint density at radius 1 is 1.20 bits per heavy atom. The number of phenolic OH excluding ortho intramolecular Hbond substituents is 1. The highest BCUT2D eigenvalue weighted by Gasteiger charge is 2.36. The van der Waals surface area contributed by atoms with Gasteiger partial charge in [-0.3, -0.25) is 19.3 Å². The second-order valence-corrected chi connectivity index (χ2v) is 7.47. The fraction of sp³-hybridized carbons (Fsp3) is 0.150. The van der Waals surface area contributed by atoms with E-state index in [9.17, 15) is 19.5 Å². The number of thioether (sulfide) groups is 1. The fourth-order valence-corrected chi connectivity index (χ4v) is 3.70. The first-order valence-corrected chi connectivity index (χ1v) is 9.78. The molecule has 1 saturated heterocycles. The average molecular weight is 449 g/mol. The number of hydrogen-bond acceptors (Lipinski definition) is 7. The van der Waals surface area contributed by atoms with E-state index in [-0.39, 0.29) is 22.2 Å². The highest BCUT2D eigenvalue weighted by atomic mass is 35.5. The molecule has 0 radical (unpaired) electrons. The molecule has 2 aromatic rings. The number of nitrogens with zero attached hydrogens (tertiary/aromatic N) is 1. The number of benzene rings is 2. The molecule has 3 rings (SSSR count). The fourth-order valence-electron chi connectivity index (χ4n) is 2.68. The normalized spacial score (nSPS) is 14.9. The number of anilines is 1. The van der Waals surface area contributed by atoms with Gasteiger partial charge in [-0.1, -0.05) is 23.7 Å². The number of halogens is 1. The first-order valence-electron chi connectivity index (χ1n) is 8.58. The third-order valence-electron chi connectivity index (χ3n) is 4.12. The number of carbonyl (C=O) groups is 3. The predicted molar refractivity (Wildman–Crippen MR) is 114 cm³/mol. The van der Waals surface area contributed by atoms with Crippen molar-refractivity contribution < 1.29 is 29.0 Å². The molecule has 1 fully saturated rings. The van der Waals surface area contributed by atoms with Crippen molar-refractivity contribution >= 4 is 52.2 Å². The molecule has 1 heterocycles. The molecule has 156 valence electrons. The van der Waals surface area contributed by atoms with E-state index in [0.717, 1.165) is 4.90 Å². The van der Waals surface area contributed by atoms with Crippen molar-refractivity contribution in [1.29, 1.82) is 0 Å². The minimum absolute atomic E-state index is 0.125. The molecular weight excluding hydrogens is 432 g/mol. The van der Waals surface area contributed by atoms with Crippen molar-refractivity contribution in [3.63, 3.8) is 0 Å². The maximum absolute atomic E-state index is 12.6. The average Bonchev–Trinajstić information content (AvgIpc) is 2.98. The molecule has 2 aromatic carbocycles. The lowest BCUT2D eigenvalue weighted by molar-refractivity contribution is -0.127. The van der Waals surface area contributed by atoms with Gasteiger partial charge in [0.15, 0.2) is 11.5 Å². The van der Waals surface area contributed by atoms with E-state index in [1.54, 1.807) is 24.3 Å². The van der Waals surface area contributed by atoms with Gasteiger partial charge in [-0.2, -0.15) is 0 Å². The number of carbonyl (C=O) groups excluding carboxylic acids is 3. The summed E-state index contributed by atoms with van der Waals surface area (Å²) in [5.41, 5.74) is 0.863. The molecule has 0 spiro atoms. The Kier molecular flexibility index (Phi) is 6.53. The molecular formula is C20H17ClN2O6S. The molecule has 3 amide bonds. The van der Waals surface area contributed by atoms with Gasteiger partial charge >= 0.3 is 0 Å². The molecule has 8 nitrogen and oxygen atoms in total. The van der Waals surface area contributed by atoms with Crippen LogP contribution in [0.15, 0.2) is 41.3 Å². The van der Waals surface area contributed by atoms with Crippen molar-refractivity contribution in [3.05, 3.63) is 51.9 Å². The molecule has 1 aliphatic rings. The lowest BCUT2D eigenvalue weighted by Gasteiger charge is -2.13. The zero-order chi connectivity index (χ0) is 21.8. The van der Waals surface area contributed by atoms with Gasteiger partial charge in [0.25, 0.3) is 11.1 Å². The molecule has 10 heteroatoms. The van der Waals surface area contributed by atoms with E-state index in [2.05, 4.69) is 5.32 Å². The van der Waals surface area contributed by atoms with Crippen LogP contribution in [0.2, 0.25) is 5.02 Å². The lowest BCUT2D eigenvalue weighted by atomic mass is 10.1. The number of aromatic hydroxyl groups is 1. The van der Waals surface area contributed by atoms with Gasteiger partial charge in [0, 0.05) is 0 Å². The summed E-state index contributed by atoms with van der Waals surface area (Å²) in [6.45, 7) is -0.449. The molecule has 0 unspecified atom stereocenters. The smallest absolute Gasteiger partial charge is 0.294 e. The van der Waals surface area contributed by atoms with Crippen LogP contribution in [0.3, 0.4) is 0 Å². The number of rotatable bonds is 6. The molecule has 1 aliphatic heterocycles. The minimum Gasteiger partial charge on any atom is -0.502 e. The quantitative estimate of drug-likeness (QED) is 0.648. The van der Waals surface area contributed by atoms with Gasteiger partial charge in [0.2, 0.25) is 11.7 Å². The Balaban J connectivity index is 1.78. The number of nitrogens with one attached hydrogen (secondary N) is 1. The van der Waals surface area contributed by atoms with Crippen LogP contribution in [0.25, 0.3) is 6.08 Å². The Bertz CT molecular complexity index is 1030. The summed E-state index contributed by atoms with van der Waals surface area (Å²) in [6, 6.07) is 9.63. The zero-order valence-corrected chi connectivity index (χ0v) is 17.5. The van der Waals surface area contributed by atoms with Crippen molar-refractivity contribution in [2.75, 3.05) is 26.1 Å². The number of methoxy groups -OCH3 is 2. The zero-order valence-electron chi connectivity index (χ0n) is 16.0. The third kappa shape index (κ3) is 4.52. The van der Waals surface area contributed by atoms with Crippen molar-refractivity contribution in [2.45, 2.75) is 0 Å². The van der Waals surface area contributed by atoms with Crippen LogP contribution in [0.4, 0.5) is 10.5 Å². The van der Waals surface area contributed by atoms with Gasteiger partial charge in [-0.25, -0.2) is 0 Å². The second kappa shape index (κ2) is 9.10.